The Hall–Kier alpha value is -1.81. The summed E-state index contributed by atoms with van der Waals surface area (Å²) in [5, 5.41) is 0. The van der Waals surface area contributed by atoms with Crippen LogP contribution >= 0.6 is 15.9 Å². The molecule has 0 aliphatic heterocycles. The first-order chi connectivity index (χ1) is 9.52. The van der Waals surface area contributed by atoms with Crippen LogP contribution in [0.3, 0.4) is 0 Å². The van der Waals surface area contributed by atoms with E-state index >= 15 is 0 Å². The molecule has 0 heterocycles. The molecule has 2 aromatic carbocycles. The monoisotopic (exact) mass is 332 g/mol. The number of nitrogens with two attached hydrogens (primary N) is 1. The lowest BCUT2D eigenvalue weighted by molar-refractivity contribution is 0.0988. The minimum Gasteiger partial charge on any atom is -0.399 e. The van der Waals surface area contributed by atoms with Crippen molar-refractivity contribution in [2.45, 2.75) is 13.8 Å². The van der Waals surface area contributed by atoms with E-state index < -0.39 is 0 Å². The summed E-state index contributed by atoms with van der Waals surface area (Å²) < 4.78 is 1.00. The number of hydrogen-bond donors (Lipinski definition) is 1. The molecule has 104 valence electrons. The highest BCUT2D eigenvalue weighted by molar-refractivity contribution is 9.10. The number of carbonyl (C=O) groups excluding carboxylic acids is 1. The van der Waals surface area contributed by atoms with Gasteiger partial charge in [-0.15, -0.1) is 0 Å². The summed E-state index contributed by atoms with van der Waals surface area (Å²) in [5.74, 6) is -0.00660. The van der Waals surface area contributed by atoms with E-state index in [0.717, 1.165) is 15.7 Å². The molecule has 0 atom stereocenters. The molecule has 3 nitrogen and oxygen atoms in total. The molecule has 0 saturated carbocycles. The van der Waals surface area contributed by atoms with Gasteiger partial charge in [0.25, 0.3) is 5.91 Å². The van der Waals surface area contributed by atoms with Crippen LogP contribution < -0.4 is 10.6 Å². The first-order valence-corrected chi connectivity index (χ1v) is 7.25. The maximum absolute atomic E-state index is 12.6. The van der Waals surface area contributed by atoms with E-state index in [4.69, 9.17) is 5.73 Å². The molecule has 0 radical (unpaired) electrons. The molecule has 20 heavy (non-hydrogen) atoms. The van der Waals surface area contributed by atoms with Crippen LogP contribution in [-0.4, -0.2) is 12.5 Å². The minimum atomic E-state index is -0.00660. The largest absolute Gasteiger partial charge is 0.399 e. The zero-order chi connectivity index (χ0) is 14.7. The molecule has 0 fully saturated rings. The van der Waals surface area contributed by atoms with E-state index in [9.17, 15) is 4.79 Å². The molecule has 0 aliphatic rings. The Morgan fingerprint density at radius 2 is 1.85 bits per heavy atom. The second kappa shape index (κ2) is 6.09. The topological polar surface area (TPSA) is 46.3 Å². The van der Waals surface area contributed by atoms with Crippen LogP contribution in [0.4, 0.5) is 11.4 Å². The predicted molar refractivity (Wildman–Crippen MR) is 87.1 cm³/mol. The molecule has 1 amide bonds. The number of rotatable bonds is 3. The SMILES string of the molecule is CCN(C(=O)c1ccc(Br)c(C)c1)c1ccc(N)cc1. The van der Waals surface area contributed by atoms with Crippen LogP contribution in [0.25, 0.3) is 0 Å². The van der Waals surface area contributed by atoms with Crippen molar-refractivity contribution in [1.29, 1.82) is 0 Å². The quantitative estimate of drug-likeness (QED) is 0.863. The van der Waals surface area contributed by atoms with Crippen LogP contribution in [0.15, 0.2) is 46.9 Å². The van der Waals surface area contributed by atoms with Gasteiger partial charge in [0.15, 0.2) is 0 Å². The number of hydrogen-bond acceptors (Lipinski definition) is 2. The van der Waals surface area contributed by atoms with Gasteiger partial charge in [-0.25, -0.2) is 0 Å². The molecule has 0 spiro atoms. The molecule has 0 bridgehead atoms. The van der Waals surface area contributed by atoms with Gasteiger partial charge < -0.3 is 10.6 Å². The molecule has 2 rings (SSSR count). The van der Waals surface area contributed by atoms with Crippen LogP contribution in [0, 0.1) is 6.92 Å². The third-order valence-electron chi connectivity index (χ3n) is 3.17. The van der Waals surface area contributed by atoms with Gasteiger partial charge in [0.1, 0.15) is 0 Å². The molecule has 0 unspecified atom stereocenters. The zero-order valence-electron chi connectivity index (χ0n) is 11.6. The third kappa shape index (κ3) is 3.02. The van der Waals surface area contributed by atoms with E-state index in [1.165, 1.54) is 0 Å². The van der Waals surface area contributed by atoms with Crippen LogP contribution in [0.2, 0.25) is 0 Å². The third-order valence-corrected chi connectivity index (χ3v) is 4.06. The van der Waals surface area contributed by atoms with Crippen molar-refractivity contribution in [2.75, 3.05) is 17.2 Å². The Kier molecular flexibility index (Phi) is 4.45. The lowest BCUT2D eigenvalue weighted by Gasteiger charge is -2.21. The lowest BCUT2D eigenvalue weighted by Crippen LogP contribution is -2.30. The van der Waals surface area contributed by atoms with Crippen molar-refractivity contribution in [3.8, 4) is 0 Å². The van der Waals surface area contributed by atoms with Gasteiger partial charge in [-0.05, 0) is 61.9 Å². The first-order valence-electron chi connectivity index (χ1n) is 6.46. The summed E-state index contributed by atoms with van der Waals surface area (Å²) in [5.41, 5.74) is 8.96. The summed E-state index contributed by atoms with van der Waals surface area (Å²) in [4.78, 5) is 14.3. The average molecular weight is 333 g/mol. The number of halogens is 1. The van der Waals surface area contributed by atoms with E-state index in [0.29, 0.717) is 17.8 Å². The smallest absolute Gasteiger partial charge is 0.258 e. The number of benzene rings is 2. The second-order valence-electron chi connectivity index (χ2n) is 4.60. The van der Waals surface area contributed by atoms with Crippen molar-refractivity contribution in [2.24, 2.45) is 0 Å². The minimum absolute atomic E-state index is 0.00660. The number of aryl methyl sites for hydroxylation is 1. The number of carbonyl (C=O) groups is 1. The van der Waals surface area contributed by atoms with Crippen molar-refractivity contribution in [3.63, 3.8) is 0 Å². The Balaban J connectivity index is 2.33. The standard InChI is InChI=1S/C16H17BrN2O/c1-3-19(14-7-5-13(18)6-8-14)16(20)12-4-9-15(17)11(2)10-12/h4-10H,3,18H2,1-2H3. The summed E-state index contributed by atoms with van der Waals surface area (Å²) >= 11 is 3.45. The molecule has 2 N–H and O–H groups in total. The molecule has 4 heteroatoms. The van der Waals surface area contributed by atoms with Gasteiger partial charge in [0.05, 0.1) is 0 Å². The highest BCUT2D eigenvalue weighted by Gasteiger charge is 2.16. The van der Waals surface area contributed by atoms with Crippen LogP contribution in [0.1, 0.15) is 22.8 Å². The fraction of sp³-hybridized carbons (Fsp3) is 0.188. The predicted octanol–water partition coefficient (Wildman–Crippen LogP) is 4.01. The molecule has 0 saturated heterocycles. The molecule has 0 aliphatic carbocycles. The maximum Gasteiger partial charge on any atom is 0.258 e. The van der Waals surface area contributed by atoms with Gasteiger partial charge in [0, 0.05) is 28.0 Å². The molecule has 2 aromatic rings. The molecular weight excluding hydrogens is 316 g/mol. The normalized spacial score (nSPS) is 10.3. The Morgan fingerprint density at radius 3 is 2.40 bits per heavy atom. The molecular formula is C16H17BrN2O. The van der Waals surface area contributed by atoms with Gasteiger partial charge in [-0.2, -0.15) is 0 Å². The summed E-state index contributed by atoms with van der Waals surface area (Å²) in [6.07, 6.45) is 0. The van der Waals surface area contributed by atoms with Gasteiger partial charge in [-0.1, -0.05) is 15.9 Å². The number of nitrogens with zero attached hydrogens (tertiary/aromatic N) is 1. The van der Waals surface area contributed by atoms with Gasteiger partial charge in [-0.3, -0.25) is 4.79 Å². The van der Waals surface area contributed by atoms with Crippen molar-refractivity contribution in [3.05, 3.63) is 58.1 Å². The van der Waals surface area contributed by atoms with Crippen molar-refractivity contribution in [1.82, 2.24) is 0 Å². The Bertz CT molecular complexity index is 623. The van der Waals surface area contributed by atoms with Gasteiger partial charge in [0.2, 0.25) is 0 Å². The Morgan fingerprint density at radius 1 is 1.20 bits per heavy atom. The lowest BCUT2D eigenvalue weighted by atomic mass is 10.1. The van der Waals surface area contributed by atoms with E-state index in [-0.39, 0.29) is 5.91 Å². The highest BCUT2D eigenvalue weighted by atomic mass is 79.9. The molecule has 0 aromatic heterocycles. The van der Waals surface area contributed by atoms with Crippen molar-refractivity contribution >= 4 is 33.2 Å². The Labute approximate surface area is 127 Å². The second-order valence-corrected chi connectivity index (χ2v) is 5.46. The van der Waals surface area contributed by atoms with Crippen LogP contribution in [0.5, 0.6) is 0 Å². The highest BCUT2D eigenvalue weighted by Crippen LogP contribution is 2.22. The summed E-state index contributed by atoms with van der Waals surface area (Å²) in [6, 6.07) is 13.0. The maximum atomic E-state index is 12.6. The zero-order valence-corrected chi connectivity index (χ0v) is 13.1. The van der Waals surface area contributed by atoms with Crippen molar-refractivity contribution < 1.29 is 4.79 Å². The fourth-order valence-electron chi connectivity index (χ4n) is 2.03. The van der Waals surface area contributed by atoms with E-state index in [1.807, 2.05) is 44.2 Å². The summed E-state index contributed by atoms with van der Waals surface area (Å²) in [7, 11) is 0. The van der Waals surface area contributed by atoms with E-state index in [1.54, 1.807) is 17.0 Å². The number of nitrogen functional groups attached to an aromatic ring is 1. The number of anilines is 2. The van der Waals surface area contributed by atoms with Crippen LogP contribution in [-0.2, 0) is 0 Å². The van der Waals surface area contributed by atoms with E-state index in [2.05, 4.69) is 15.9 Å². The first kappa shape index (κ1) is 14.6. The average Bonchev–Trinajstić information content (AvgIpc) is 2.44. The van der Waals surface area contributed by atoms with Gasteiger partial charge >= 0.3 is 0 Å². The number of amides is 1. The fourth-order valence-corrected chi connectivity index (χ4v) is 2.28. The summed E-state index contributed by atoms with van der Waals surface area (Å²) in [6.45, 7) is 4.54.